The van der Waals surface area contributed by atoms with Gasteiger partial charge in [-0.1, -0.05) is 42.7 Å². The van der Waals surface area contributed by atoms with E-state index in [1.54, 1.807) is 13.3 Å². The van der Waals surface area contributed by atoms with Crippen molar-refractivity contribution in [3.8, 4) is 17.1 Å². The number of amides is 1. The number of oxazole rings is 1. The monoisotopic (exact) mass is 418 g/mol. The van der Waals surface area contributed by atoms with Gasteiger partial charge in [-0.25, -0.2) is 4.98 Å². The maximum absolute atomic E-state index is 13.2. The van der Waals surface area contributed by atoms with Gasteiger partial charge in [0.2, 0.25) is 5.91 Å². The van der Waals surface area contributed by atoms with Crippen LogP contribution < -0.4 is 4.74 Å². The number of hydrogen-bond donors (Lipinski definition) is 0. The Balaban J connectivity index is 1.42. The molecule has 0 radical (unpaired) electrons. The first-order valence-electron chi connectivity index (χ1n) is 11.1. The summed E-state index contributed by atoms with van der Waals surface area (Å²) in [6.45, 7) is 2.93. The topological polar surface area (TPSA) is 55.6 Å². The van der Waals surface area contributed by atoms with Gasteiger partial charge in [0.25, 0.3) is 0 Å². The highest BCUT2D eigenvalue weighted by Gasteiger charge is 2.26. The molecule has 4 rings (SSSR count). The maximum atomic E-state index is 13.2. The van der Waals surface area contributed by atoms with Crippen LogP contribution in [0.25, 0.3) is 11.3 Å². The SMILES string of the molecule is COc1ccc(-c2cnc(CCC(=O)N3CCCCCC3c3cccc(C)c3)o2)cc1. The van der Waals surface area contributed by atoms with Crippen LogP contribution in [-0.2, 0) is 11.2 Å². The zero-order chi connectivity index (χ0) is 21.6. The van der Waals surface area contributed by atoms with Gasteiger partial charge in [0.1, 0.15) is 5.75 Å². The molecule has 1 aliphatic rings. The van der Waals surface area contributed by atoms with Crippen molar-refractivity contribution in [2.24, 2.45) is 0 Å². The van der Waals surface area contributed by atoms with Crippen molar-refractivity contribution in [3.05, 3.63) is 71.7 Å². The molecule has 5 heteroatoms. The minimum atomic E-state index is 0.161. The van der Waals surface area contributed by atoms with Crippen LogP contribution in [0.4, 0.5) is 0 Å². The first kappa shape index (κ1) is 21.2. The number of nitrogens with zero attached hydrogens (tertiary/aromatic N) is 2. The number of ether oxygens (including phenoxy) is 1. The number of likely N-dealkylation sites (tertiary alicyclic amines) is 1. The van der Waals surface area contributed by atoms with Crippen LogP contribution in [0.2, 0.25) is 0 Å². The summed E-state index contributed by atoms with van der Waals surface area (Å²) in [4.78, 5) is 19.7. The van der Waals surface area contributed by atoms with Crippen LogP contribution in [0.1, 0.15) is 55.2 Å². The molecule has 162 valence electrons. The molecular formula is C26H30N2O3. The Bertz CT molecular complexity index is 1010. The normalized spacial score (nSPS) is 16.7. The fourth-order valence-corrected chi connectivity index (χ4v) is 4.30. The number of methoxy groups -OCH3 is 1. The average Bonchev–Trinajstić information content (AvgIpc) is 3.13. The van der Waals surface area contributed by atoms with Gasteiger partial charge in [-0.2, -0.15) is 0 Å². The fraction of sp³-hybridized carbons (Fsp3) is 0.385. The van der Waals surface area contributed by atoms with Crippen molar-refractivity contribution in [3.63, 3.8) is 0 Å². The Morgan fingerprint density at radius 1 is 1.16 bits per heavy atom. The molecule has 2 aromatic carbocycles. The molecule has 31 heavy (non-hydrogen) atoms. The Hall–Kier alpha value is -3.08. The van der Waals surface area contributed by atoms with Crippen LogP contribution in [0, 0.1) is 6.92 Å². The summed E-state index contributed by atoms with van der Waals surface area (Å²) in [5.74, 6) is 2.28. The second-order valence-corrected chi connectivity index (χ2v) is 8.21. The van der Waals surface area contributed by atoms with Gasteiger partial charge >= 0.3 is 0 Å². The number of carbonyl (C=O) groups is 1. The van der Waals surface area contributed by atoms with E-state index in [1.165, 1.54) is 17.5 Å². The van der Waals surface area contributed by atoms with E-state index in [4.69, 9.17) is 9.15 Å². The standard InChI is InChI=1S/C26H30N2O3/c1-19-7-6-8-21(17-19)23-9-4-3-5-16-28(23)26(29)15-14-25-27-18-24(31-25)20-10-12-22(30-2)13-11-20/h6-8,10-13,17-18,23H,3-5,9,14-16H2,1-2H3. The number of hydrogen-bond acceptors (Lipinski definition) is 4. The van der Waals surface area contributed by atoms with Gasteiger partial charge in [-0.05, 0) is 49.6 Å². The van der Waals surface area contributed by atoms with Crippen LogP contribution in [0.5, 0.6) is 5.75 Å². The Kier molecular flexibility index (Phi) is 6.70. The molecule has 3 aromatic rings. The fourth-order valence-electron chi connectivity index (χ4n) is 4.30. The van der Waals surface area contributed by atoms with Gasteiger partial charge in [-0.15, -0.1) is 0 Å². The summed E-state index contributed by atoms with van der Waals surface area (Å²) in [7, 11) is 1.65. The van der Waals surface area contributed by atoms with E-state index >= 15 is 0 Å². The highest BCUT2D eigenvalue weighted by Crippen LogP contribution is 2.31. The third-order valence-corrected chi connectivity index (χ3v) is 5.98. The lowest BCUT2D eigenvalue weighted by Crippen LogP contribution is -2.35. The lowest BCUT2D eigenvalue weighted by atomic mass is 9.99. The average molecular weight is 419 g/mol. The third-order valence-electron chi connectivity index (χ3n) is 5.98. The molecule has 5 nitrogen and oxygen atoms in total. The maximum Gasteiger partial charge on any atom is 0.223 e. The summed E-state index contributed by atoms with van der Waals surface area (Å²) < 4.78 is 11.1. The predicted molar refractivity (Wildman–Crippen MR) is 121 cm³/mol. The first-order valence-corrected chi connectivity index (χ1v) is 11.1. The summed E-state index contributed by atoms with van der Waals surface area (Å²) >= 11 is 0. The van der Waals surface area contributed by atoms with Gasteiger partial charge in [0.15, 0.2) is 11.7 Å². The molecule has 0 N–H and O–H groups in total. The van der Waals surface area contributed by atoms with Gasteiger partial charge < -0.3 is 14.1 Å². The van der Waals surface area contributed by atoms with Crippen LogP contribution in [0.15, 0.2) is 59.1 Å². The van der Waals surface area contributed by atoms with Crippen LogP contribution in [-0.4, -0.2) is 29.4 Å². The molecule has 1 unspecified atom stereocenters. The van der Waals surface area contributed by atoms with Gasteiger partial charge in [-0.3, -0.25) is 4.79 Å². The summed E-state index contributed by atoms with van der Waals surface area (Å²) in [5, 5.41) is 0. The number of aromatic nitrogens is 1. The van der Waals surface area contributed by atoms with E-state index in [9.17, 15) is 4.79 Å². The van der Waals surface area contributed by atoms with Crippen molar-refractivity contribution < 1.29 is 13.9 Å². The highest BCUT2D eigenvalue weighted by atomic mass is 16.5. The third kappa shape index (κ3) is 5.16. The Morgan fingerprint density at radius 2 is 2.00 bits per heavy atom. The van der Waals surface area contributed by atoms with E-state index in [2.05, 4.69) is 41.1 Å². The van der Waals surface area contributed by atoms with Crippen molar-refractivity contribution in [2.75, 3.05) is 13.7 Å². The summed E-state index contributed by atoms with van der Waals surface area (Å²) in [6, 6.07) is 16.4. The molecule has 1 amide bonds. The van der Waals surface area contributed by atoms with E-state index in [-0.39, 0.29) is 11.9 Å². The zero-order valence-electron chi connectivity index (χ0n) is 18.3. The number of carbonyl (C=O) groups excluding carboxylic acids is 1. The molecule has 0 bridgehead atoms. The van der Waals surface area contributed by atoms with Crippen LogP contribution >= 0.6 is 0 Å². The van der Waals surface area contributed by atoms with E-state index in [1.807, 2.05) is 24.3 Å². The van der Waals surface area contributed by atoms with Crippen molar-refractivity contribution in [1.29, 1.82) is 0 Å². The number of benzene rings is 2. The number of aryl methyl sites for hydroxylation is 2. The lowest BCUT2D eigenvalue weighted by molar-refractivity contribution is -0.133. The highest BCUT2D eigenvalue weighted by molar-refractivity contribution is 5.77. The predicted octanol–water partition coefficient (Wildman–Crippen LogP) is 5.74. The Labute approximate surface area is 184 Å². The minimum absolute atomic E-state index is 0.161. The molecule has 0 saturated carbocycles. The molecule has 1 aliphatic heterocycles. The molecule has 0 spiro atoms. The lowest BCUT2D eigenvalue weighted by Gasteiger charge is -2.30. The molecule has 1 fully saturated rings. The Morgan fingerprint density at radius 3 is 2.77 bits per heavy atom. The summed E-state index contributed by atoms with van der Waals surface area (Å²) in [6.07, 6.45) is 7.06. The zero-order valence-corrected chi connectivity index (χ0v) is 18.3. The van der Waals surface area contributed by atoms with Crippen LogP contribution in [0.3, 0.4) is 0 Å². The van der Waals surface area contributed by atoms with E-state index < -0.39 is 0 Å². The number of rotatable bonds is 6. The molecule has 1 saturated heterocycles. The minimum Gasteiger partial charge on any atom is -0.497 e. The first-order chi connectivity index (χ1) is 15.1. The molecule has 2 heterocycles. The largest absolute Gasteiger partial charge is 0.497 e. The second-order valence-electron chi connectivity index (χ2n) is 8.21. The second kappa shape index (κ2) is 9.82. The quantitative estimate of drug-likeness (QED) is 0.513. The summed E-state index contributed by atoms with van der Waals surface area (Å²) in [5.41, 5.74) is 3.42. The van der Waals surface area contributed by atoms with Gasteiger partial charge in [0.05, 0.1) is 19.3 Å². The molecule has 0 aliphatic carbocycles. The molecule has 1 atom stereocenters. The van der Waals surface area contributed by atoms with Crippen molar-refractivity contribution in [2.45, 2.75) is 51.5 Å². The molecule has 1 aromatic heterocycles. The van der Waals surface area contributed by atoms with E-state index in [0.29, 0.717) is 24.5 Å². The van der Waals surface area contributed by atoms with Gasteiger partial charge in [0, 0.05) is 24.9 Å². The van der Waals surface area contributed by atoms with Crippen molar-refractivity contribution in [1.82, 2.24) is 9.88 Å². The van der Waals surface area contributed by atoms with Crippen molar-refractivity contribution >= 4 is 5.91 Å². The molecular weight excluding hydrogens is 388 g/mol. The smallest absolute Gasteiger partial charge is 0.223 e. The van der Waals surface area contributed by atoms with E-state index in [0.717, 1.165) is 37.1 Å².